The Bertz CT molecular complexity index is 214. The Morgan fingerprint density at radius 1 is 1.88 bits per heavy atom. The van der Waals surface area contributed by atoms with Crippen molar-refractivity contribution in [2.45, 2.75) is 6.00 Å². The summed E-state index contributed by atoms with van der Waals surface area (Å²) in [6, 6.07) is 1.38. The van der Waals surface area contributed by atoms with Gasteiger partial charge in [-0.25, -0.2) is 0 Å². The van der Waals surface area contributed by atoms with Gasteiger partial charge in [0.1, 0.15) is 12.3 Å². The summed E-state index contributed by atoms with van der Waals surface area (Å²) in [4.78, 5) is 10.4. The molecule has 0 aliphatic carbocycles. The molecule has 4 heteroatoms. The van der Waals surface area contributed by atoms with Gasteiger partial charge in [-0.3, -0.25) is 4.79 Å². The molecule has 1 aromatic heterocycles. The Hall–Kier alpha value is -0.700. The minimum atomic E-state index is -0.208. The van der Waals surface area contributed by atoms with Gasteiger partial charge < -0.3 is 4.52 Å². The molecule has 1 heterocycles. The first-order valence-electron chi connectivity index (χ1n) is 2.05. The summed E-state index contributed by atoms with van der Waals surface area (Å²) in [5.41, 5.74) is -0.208. The fraction of sp³-hybridized carbons (Fsp3) is 0.250. The summed E-state index contributed by atoms with van der Waals surface area (Å²) < 4.78 is 5.63. The molecule has 1 rings (SSSR count). The highest BCUT2D eigenvalue weighted by Crippen LogP contribution is 1.83. The maximum atomic E-state index is 10.4. The molecule has 3 nitrogen and oxygen atoms in total. The minimum Gasteiger partial charge on any atom is -0.383 e. The smallest absolute Gasteiger partial charge is 0.283 e. The van der Waals surface area contributed by atoms with Crippen LogP contribution < -0.4 is 5.56 Å². The van der Waals surface area contributed by atoms with Crippen LogP contribution in [-0.2, 0) is 6.00 Å². The number of aromatic nitrogens is 1. The normalized spacial score (nSPS) is 9.62. The van der Waals surface area contributed by atoms with Gasteiger partial charge in [0.25, 0.3) is 5.56 Å². The summed E-state index contributed by atoms with van der Waals surface area (Å²) in [6.07, 6.45) is 1.30. The molecular weight excluding hydrogens is 130 g/mol. The van der Waals surface area contributed by atoms with E-state index in [0.29, 0.717) is 0 Å². The Morgan fingerprint density at radius 2 is 2.62 bits per heavy atom. The topological polar surface area (TPSA) is 35.1 Å². The molecule has 0 N–H and O–H groups in total. The van der Waals surface area contributed by atoms with Crippen molar-refractivity contribution in [1.29, 1.82) is 0 Å². The maximum Gasteiger partial charge on any atom is 0.283 e. The van der Waals surface area contributed by atoms with Crippen LogP contribution in [0.3, 0.4) is 0 Å². The number of halogens is 1. The van der Waals surface area contributed by atoms with Crippen LogP contribution in [0.15, 0.2) is 21.6 Å². The molecule has 0 radical (unpaired) electrons. The molecular formula is C4H4ClNO2. The quantitative estimate of drug-likeness (QED) is 0.527. The zero-order valence-electron chi connectivity index (χ0n) is 4.00. The first kappa shape index (κ1) is 5.44. The van der Waals surface area contributed by atoms with Crippen LogP contribution in [0, 0.1) is 0 Å². The van der Waals surface area contributed by atoms with E-state index in [9.17, 15) is 4.79 Å². The molecule has 0 aromatic carbocycles. The highest BCUT2D eigenvalue weighted by Gasteiger charge is 1.91. The Labute approximate surface area is 50.4 Å². The van der Waals surface area contributed by atoms with Crippen molar-refractivity contribution in [3.05, 3.63) is 22.7 Å². The average molecular weight is 134 g/mol. The predicted molar refractivity (Wildman–Crippen MR) is 28.8 cm³/mol. The minimum absolute atomic E-state index is 0.0752. The van der Waals surface area contributed by atoms with E-state index in [1.807, 2.05) is 0 Å². The van der Waals surface area contributed by atoms with Crippen molar-refractivity contribution in [3.63, 3.8) is 0 Å². The van der Waals surface area contributed by atoms with Crippen molar-refractivity contribution < 1.29 is 4.52 Å². The second kappa shape index (κ2) is 2.05. The summed E-state index contributed by atoms with van der Waals surface area (Å²) in [5.74, 6) is 0. The molecule has 0 saturated heterocycles. The number of alkyl halides is 1. The monoisotopic (exact) mass is 133 g/mol. The zero-order chi connectivity index (χ0) is 5.98. The van der Waals surface area contributed by atoms with Crippen LogP contribution in [0.4, 0.5) is 0 Å². The van der Waals surface area contributed by atoms with Gasteiger partial charge in [-0.15, -0.1) is 0 Å². The Morgan fingerprint density at radius 3 is 2.88 bits per heavy atom. The number of nitrogens with zero attached hydrogens (tertiary/aromatic N) is 1. The first-order chi connectivity index (χ1) is 3.84. The highest BCUT2D eigenvalue weighted by molar-refractivity contribution is 6.15. The van der Waals surface area contributed by atoms with Gasteiger partial charge >= 0.3 is 0 Å². The van der Waals surface area contributed by atoms with Gasteiger partial charge in [0.05, 0.1) is 0 Å². The third-order valence-corrected chi connectivity index (χ3v) is 0.970. The van der Waals surface area contributed by atoms with Crippen molar-refractivity contribution in [2.75, 3.05) is 0 Å². The van der Waals surface area contributed by atoms with Crippen LogP contribution in [0.5, 0.6) is 0 Å². The fourth-order valence-corrected chi connectivity index (χ4v) is 0.558. The molecule has 0 fully saturated rings. The third-order valence-electron chi connectivity index (χ3n) is 0.753. The molecule has 0 aliphatic rings. The summed E-state index contributed by atoms with van der Waals surface area (Å²) in [6.45, 7) is 0. The second-order valence-electron chi connectivity index (χ2n) is 1.24. The average Bonchev–Trinajstić information content (AvgIpc) is 2.14. The van der Waals surface area contributed by atoms with Crippen molar-refractivity contribution in [3.8, 4) is 0 Å². The molecule has 0 saturated carbocycles. The molecule has 0 bridgehead atoms. The van der Waals surface area contributed by atoms with Gasteiger partial charge in [-0.1, -0.05) is 11.6 Å². The van der Waals surface area contributed by atoms with E-state index in [1.165, 1.54) is 12.3 Å². The third kappa shape index (κ3) is 0.767. The second-order valence-corrected chi connectivity index (χ2v) is 1.48. The molecule has 0 atom stereocenters. The Balaban J connectivity index is 3.11. The summed E-state index contributed by atoms with van der Waals surface area (Å²) in [5, 5.41) is 0. The standard InChI is InChI=1S/C4H4ClNO2/c5-3-6-4(7)1-2-8-6/h1-2H,3H2. The lowest BCUT2D eigenvalue weighted by Crippen LogP contribution is -2.09. The summed E-state index contributed by atoms with van der Waals surface area (Å²) in [7, 11) is 0. The number of hydrogen-bond donors (Lipinski definition) is 0. The van der Waals surface area contributed by atoms with Gasteiger partial charge in [0.15, 0.2) is 0 Å². The highest BCUT2D eigenvalue weighted by atomic mass is 35.5. The summed E-state index contributed by atoms with van der Waals surface area (Å²) >= 11 is 5.24. The maximum absolute atomic E-state index is 10.4. The Kier molecular flexibility index (Phi) is 1.39. The van der Waals surface area contributed by atoms with Crippen molar-refractivity contribution >= 4 is 11.6 Å². The lowest BCUT2D eigenvalue weighted by molar-refractivity contribution is 0.291. The van der Waals surface area contributed by atoms with E-state index in [-0.39, 0.29) is 11.6 Å². The number of hydrogen-bond acceptors (Lipinski definition) is 2. The molecule has 0 amide bonds. The van der Waals surface area contributed by atoms with Gasteiger partial charge in [-0.2, -0.15) is 4.74 Å². The van der Waals surface area contributed by atoms with Crippen molar-refractivity contribution in [2.24, 2.45) is 0 Å². The van der Waals surface area contributed by atoms with E-state index in [0.717, 1.165) is 4.74 Å². The van der Waals surface area contributed by atoms with E-state index < -0.39 is 0 Å². The molecule has 0 spiro atoms. The van der Waals surface area contributed by atoms with Crippen LogP contribution in [-0.4, -0.2) is 4.74 Å². The molecule has 44 valence electrons. The van der Waals surface area contributed by atoms with E-state index in [2.05, 4.69) is 4.52 Å². The predicted octanol–water partition coefficient (Wildman–Crippen LogP) is 0.638. The number of rotatable bonds is 1. The fourth-order valence-electron chi connectivity index (χ4n) is 0.384. The SMILES string of the molecule is O=c1ccon1CCl. The lowest BCUT2D eigenvalue weighted by atomic mass is 10.7. The lowest BCUT2D eigenvalue weighted by Gasteiger charge is -1.84. The van der Waals surface area contributed by atoms with Gasteiger partial charge in [0, 0.05) is 6.07 Å². The van der Waals surface area contributed by atoms with Crippen molar-refractivity contribution in [1.82, 2.24) is 4.74 Å². The van der Waals surface area contributed by atoms with Gasteiger partial charge in [0.2, 0.25) is 0 Å². The van der Waals surface area contributed by atoms with E-state index in [4.69, 9.17) is 11.6 Å². The van der Waals surface area contributed by atoms with Crippen LogP contribution in [0.2, 0.25) is 0 Å². The molecule has 0 unspecified atom stereocenters. The first-order valence-corrected chi connectivity index (χ1v) is 2.59. The van der Waals surface area contributed by atoms with Crippen LogP contribution >= 0.6 is 11.6 Å². The van der Waals surface area contributed by atoms with Crippen LogP contribution in [0.1, 0.15) is 0 Å². The molecule has 1 aromatic rings. The van der Waals surface area contributed by atoms with E-state index in [1.54, 1.807) is 0 Å². The molecule has 0 aliphatic heterocycles. The van der Waals surface area contributed by atoms with Crippen LogP contribution in [0.25, 0.3) is 0 Å². The largest absolute Gasteiger partial charge is 0.383 e. The molecule has 8 heavy (non-hydrogen) atoms. The zero-order valence-corrected chi connectivity index (χ0v) is 4.76. The van der Waals surface area contributed by atoms with Gasteiger partial charge in [-0.05, 0) is 0 Å². The van der Waals surface area contributed by atoms with E-state index >= 15 is 0 Å².